The summed E-state index contributed by atoms with van der Waals surface area (Å²) in [6, 6.07) is 0.0417. The first-order valence-electron chi connectivity index (χ1n) is 40.1. The molecule has 0 aromatic rings. The van der Waals surface area contributed by atoms with Gasteiger partial charge in [0, 0.05) is 19.6 Å². The number of carbonyl (C=O) groups is 3. The van der Waals surface area contributed by atoms with Crippen LogP contribution in [0, 0.1) is 99.7 Å². The van der Waals surface area contributed by atoms with E-state index in [1.54, 1.807) is 11.1 Å². The van der Waals surface area contributed by atoms with E-state index < -0.39 is 24.5 Å². The van der Waals surface area contributed by atoms with Gasteiger partial charge in [-0.05, 0) is 214 Å². The maximum atomic E-state index is 10.9. The number of rotatable bonds is 30. The van der Waals surface area contributed by atoms with Crippen LogP contribution in [0.25, 0.3) is 17.2 Å². The number of aliphatic carboxylic acids is 3. The molecule has 0 saturated heterocycles. The molecule has 0 spiro atoms. The third kappa shape index (κ3) is 30.9. The minimum absolute atomic E-state index is 0. The Morgan fingerprint density at radius 3 is 1.31 bits per heavy atom. The van der Waals surface area contributed by atoms with Gasteiger partial charge in [0.1, 0.15) is 0 Å². The standard InChI is InChI=1S/C35H59NO6.C34H58NO4.C6H13N2.C6H12N2.CO2.2Li.2H2O.2Pt/c1-24(2)7-6-8-25(3)29-11-12-30-28-10-9-26-21-27(13-15-34(26,4)31(28)14-16-35(29,30)5)42-20-19-41-18-17-36(22-32(37)38)23-33(39)40;1-24(2)8-7-9-25(3)29-12-13-30-28-11-10-26-22-27(39-21-20-38-19-18-35(6)23-32(36)37)14-16-33(26,4)31(28)15-17-34(29,30)5;2*7-5-3-1-2-4-6(5)8;2-1-3;;;;;;/h9,24-25,27-31H,6-8,10-23H2,1-5H3,(H,37,38)(H,39,40);10,24-25,27-31H,6-9,11-23H2,1-5H3,(H,36,37);5-7H,1-4,8H2;5-8H,1-4H2;;;;2*1H2;;/q;2*-1;-2;;2*+1;;;2*+2/p-2/t25-,27+,28+,29-,30+,31+,34+,35-;25-,27+,28+,29-,30+,31+,33+,34-;2*5-,6-;;;;;;;/m1111......./s1. The second kappa shape index (κ2) is 52.0. The van der Waals surface area contributed by atoms with Gasteiger partial charge in [-0.15, -0.1) is 6.04 Å². The minimum atomic E-state index is -1.29. The number of ether oxygens (including phenoxy) is 4. The molecule has 0 aromatic carbocycles. The number of allylic oxidation sites excluding steroid dienone is 2. The van der Waals surface area contributed by atoms with E-state index in [0.717, 1.165) is 122 Å². The van der Waals surface area contributed by atoms with E-state index in [1.807, 2.05) is 0 Å². The fourth-order valence-corrected chi connectivity index (χ4v) is 21.9. The Kier molecular flexibility index (Phi) is 51.7. The van der Waals surface area contributed by atoms with Crippen molar-refractivity contribution in [3.63, 3.8) is 0 Å². The summed E-state index contributed by atoms with van der Waals surface area (Å²) < 4.78 is 23.8. The van der Waals surface area contributed by atoms with E-state index in [-0.39, 0.29) is 153 Å². The Labute approximate surface area is 694 Å². The molecule has 608 valence electrons. The summed E-state index contributed by atoms with van der Waals surface area (Å²) in [7, 11) is 3.69. The van der Waals surface area contributed by atoms with Gasteiger partial charge in [-0.25, -0.2) is 0 Å². The second-order valence-corrected chi connectivity index (χ2v) is 34.8. The summed E-state index contributed by atoms with van der Waals surface area (Å²) in [6.07, 6.45) is 43.9. The number of carboxylic acids is 3. The van der Waals surface area contributed by atoms with Crippen LogP contribution in [0.4, 0.5) is 0 Å². The number of fused-ring (bicyclic) bond motifs is 10. The maximum absolute atomic E-state index is 10.9. The molecule has 20 nitrogen and oxygen atoms in total. The van der Waals surface area contributed by atoms with Gasteiger partial charge in [0.15, 0.2) is 0 Å². The van der Waals surface area contributed by atoms with E-state index in [2.05, 4.69) is 88.4 Å². The van der Waals surface area contributed by atoms with Crippen LogP contribution in [-0.4, -0.2) is 159 Å². The fourth-order valence-electron chi connectivity index (χ4n) is 21.9. The number of nitrogens with zero attached hydrogens (tertiary/aromatic N) is 2. The first kappa shape index (κ1) is 105. The number of carboxylic acid groups (broad SMARTS) is 3. The molecule has 0 amide bonds. The van der Waals surface area contributed by atoms with Gasteiger partial charge in [-0.3, -0.25) is 16.7 Å². The average molecular weight is 1840 g/mol. The van der Waals surface area contributed by atoms with Crippen molar-refractivity contribution < 1.29 is 149 Å². The predicted molar refractivity (Wildman–Crippen MR) is 400 cm³/mol. The number of nitrogens with one attached hydrogen (secondary N) is 3. The van der Waals surface area contributed by atoms with Crippen molar-refractivity contribution in [2.75, 3.05) is 72.4 Å². The Bertz CT molecular complexity index is 2530. The molecular formula is C82H144Li2N6O14Pt2. The van der Waals surface area contributed by atoms with Crippen molar-refractivity contribution in [2.45, 2.75) is 298 Å². The van der Waals surface area contributed by atoms with E-state index in [4.69, 9.17) is 56.6 Å². The zero-order chi connectivity index (χ0) is 73.4. The van der Waals surface area contributed by atoms with E-state index in [1.165, 1.54) is 151 Å². The van der Waals surface area contributed by atoms with Gasteiger partial charge in [0.2, 0.25) is 0 Å². The Hall–Kier alpha value is -0.639. The van der Waals surface area contributed by atoms with Gasteiger partial charge in [0.25, 0.3) is 0 Å². The summed E-state index contributed by atoms with van der Waals surface area (Å²) in [5.74, 6) is 6.89. The normalized spacial score (nSPS) is 33.5. The largest absolute Gasteiger partial charge is 2.00 e. The van der Waals surface area contributed by atoms with E-state index in [9.17, 15) is 24.6 Å². The zero-order valence-corrected chi connectivity index (χ0v) is 72.3. The molecule has 0 aliphatic heterocycles. The monoisotopic (exact) mass is 1840 g/mol. The maximum Gasteiger partial charge on any atom is 2.00 e. The van der Waals surface area contributed by atoms with Crippen molar-refractivity contribution in [1.29, 1.82) is 0 Å². The summed E-state index contributed by atoms with van der Waals surface area (Å²) in [5, 5.41) is 30.4. The summed E-state index contributed by atoms with van der Waals surface area (Å²) in [4.78, 5) is 51.4. The van der Waals surface area contributed by atoms with E-state index in [0.29, 0.717) is 67.3 Å². The number of hydrogen-bond donors (Lipinski definition) is 2. The predicted octanol–water partition coefficient (Wildman–Crippen LogP) is 7.32. The van der Waals surface area contributed by atoms with Crippen LogP contribution in [0.3, 0.4) is 0 Å². The Morgan fingerprint density at radius 2 is 0.953 bits per heavy atom. The van der Waals surface area contributed by atoms with Crippen molar-refractivity contribution in [1.82, 2.24) is 9.80 Å². The fraction of sp³-hybridized carbons (Fsp3) is 0.890. The van der Waals surface area contributed by atoms with Crippen LogP contribution < -0.4 is 53.7 Å². The van der Waals surface area contributed by atoms with Crippen molar-refractivity contribution in [3.05, 3.63) is 47.5 Å². The summed E-state index contributed by atoms with van der Waals surface area (Å²) >= 11 is 0. The van der Waals surface area contributed by atoms with E-state index >= 15 is 0 Å². The molecule has 0 bridgehead atoms. The first-order valence-corrected chi connectivity index (χ1v) is 40.1. The Morgan fingerprint density at radius 1 is 0.557 bits per heavy atom. The SMILES string of the molecule is CC(C)CCC[C@@H](C)[C@H]1CC[C@H]2[C@@H]3CC=C4C[C@@H](OCCOCCN(CC(=O)[O-])CC(=O)O)CC[C@]4(C)[C@H]3CC[C@]12C.O.O.O=C=O.[CH2-]N(CCOCCO[C@H]1CC[C@@]2(C)C(=CC[C@H]3[C@@H]4CC[C@H]([C@H](C)CCCC(C)C)[C@@]4(C)CC[C@@H]32)C1)CC(=O)[O-].[Li+].[Li+].[NH-][C@@H]1CCCC[C@H]1N.[NH-][C@@H]1CCCC[C@H]1[NH-].[Pt+2].[Pt+2]. The van der Waals surface area contributed by atoms with Crippen molar-refractivity contribution >= 4 is 24.1 Å². The van der Waals surface area contributed by atoms with Crippen LogP contribution in [0.15, 0.2) is 23.3 Å². The summed E-state index contributed by atoms with van der Waals surface area (Å²) in [5.41, 5.74) is 32.6. The molecule has 24 heteroatoms. The zero-order valence-electron chi connectivity index (χ0n) is 67.8. The minimum Gasteiger partial charge on any atom is -0.676 e. The molecule has 0 heterocycles. The van der Waals surface area contributed by atoms with Crippen molar-refractivity contribution in [3.8, 4) is 0 Å². The molecule has 0 aromatic heterocycles. The molecule has 10 N–H and O–H groups in total. The Balaban J connectivity index is 0.00000159. The molecular weight excluding hydrogens is 1700 g/mol. The molecule has 20 atom stereocenters. The van der Waals surface area contributed by atoms with Crippen LogP contribution >= 0.6 is 0 Å². The van der Waals surface area contributed by atoms with Crippen LogP contribution in [0.5, 0.6) is 0 Å². The van der Waals surface area contributed by atoms with Gasteiger partial charge < -0.3 is 82.6 Å². The molecule has 8 fully saturated rings. The molecule has 0 unspecified atom stereocenters. The van der Waals surface area contributed by atoms with Gasteiger partial charge in [0.05, 0.1) is 70.3 Å². The third-order valence-corrected chi connectivity index (χ3v) is 27.4. The molecule has 8 saturated carbocycles. The summed E-state index contributed by atoms with van der Waals surface area (Å²) in [6.45, 7) is 27.6. The molecule has 10 rings (SSSR count). The van der Waals surface area contributed by atoms with Crippen LogP contribution in [0.2, 0.25) is 0 Å². The number of hydrogen-bond acceptors (Lipinski definition) is 14. The molecule has 0 radical (unpaired) electrons. The quantitative estimate of drug-likeness (QED) is 0.0308. The smallest absolute Gasteiger partial charge is 0.676 e. The van der Waals surface area contributed by atoms with Gasteiger partial charge >= 0.3 is 92.0 Å². The molecule has 10 aliphatic rings. The van der Waals surface area contributed by atoms with Crippen LogP contribution in [0.1, 0.15) is 262 Å². The van der Waals surface area contributed by atoms with Crippen molar-refractivity contribution in [2.24, 2.45) is 98.4 Å². The molecule has 10 aliphatic carbocycles. The number of nitrogens with two attached hydrogens (primary N) is 1. The van der Waals surface area contributed by atoms with Gasteiger partial charge in [-0.1, -0.05) is 176 Å². The first-order chi connectivity index (χ1) is 47.5. The molecule has 106 heavy (non-hydrogen) atoms. The second-order valence-electron chi connectivity index (χ2n) is 34.8. The third-order valence-electron chi connectivity index (χ3n) is 27.4. The number of carbonyl (C=O) groups excluding carboxylic acids is 4. The van der Waals surface area contributed by atoms with Gasteiger partial charge in [-0.2, -0.15) is 21.7 Å². The topological polar surface area (TPSA) is 356 Å². The average Bonchev–Trinajstić information content (AvgIpc) is 1.42. The van der Waals surface area contributed by atoms with Crippen LogP contribution in [-0.2, 0) is 85.1 Å².